The third-order valence-electron chi connectivity index (χ3n) is 4.92. The molecule has 168 valence electrons. The van der Waals surface area contributed by atoms with Crippen LogP contribution in [0, 0.1) is 5.92 Å². The lowest BCUT2D eigenvalue weighted by Crippen LogP contribution is -2.57. The van der Waals surface area contributed by atoms with E-state index in [1.807, 2.05) is 18.2 Å². The number of para-hydroxylation sites is 1. The Balaban J connectivity index is 1.79. The Morgan fingerprint density at radius 2 is 2.03 bits per heavy atom. The molecule has 1 fully saturated rings. The number of nitrogens with one attached hydrogen (secondary N) is 2. The molecule has 0 saturated carbocycles. The summed E-state index contributed by atoms with van der Waals surface area (Å²) < 4.78 is 16.4. The van der Waals surface area contributed by atoms with Crippen molar-refractivity contribution in [1.82, 2.24) is 15.5 Å². The molecule has 1 aliphatic rings. The third-order valence-corrected chi connectivity index (χ3v) is 4.92. The van der Waals surface area contributed by atoms with Crippen LogP contribution in [0.2, 0.25) is 0 Å². The van der Waals surface area contributed by atoms with Crippen molar-refractivity contribution in [3.05, 3.63) is 30.3 Å². The fourth-order valence-electron chi connectivity index (χ4n) is 3.30. The molecule has 1 aliphatic heterocycles. The van der Waals surface area contributed by atoms with Gasteiger partial charge in [0.05, 0.1) is 26.4 Å². The highest BCUT2D eigenvalue weighted by Crippen LogP contribution is 2.13. The smallest absolute Gasteiger partial charge is 0.329 e. The normalized spacial score (nSPS) is 19.2. The second-order valence-electron chi connectivity index (χ2n) is 8.23. The van der Waals surface area contributed by atoms with Gasteiger partial charge in [0.15, 0.2) is 0 Å². The Morgan fingerprint density at radius 1 is 1.30 bits per heavy atom. The molecule has 2 rings (SSSR count). The van der Waals surface area contributed by atoms with E-state index in [-0.39, 0.29) is 25.2 Å². The monoisotopic (exact) mass is 421 g/mol. The van der Waals surface area contributed by atoms with Crippen LogP contribution in [-0.2, 0) is 19.1 Å². The summed E-state index contributed by atoms with van der Waals surface area (Å²) in [7, 11) is 1.31. The molecule has 0 aromatic heterocycles. The van der Waals surface area contributed by atoms with Crippen LogP contribution in [0.1, 0.15) is 20.8 Å². The number of benzene rings is 1. The van der Waals surface area contributed by atoms with Crippen molar-refractivity contribution in [1.29, 1.82) is 0 Å². The number of hydrogen-bond acceptors (Lipinski definition) is 7. The van der Waals surface area contributed by atoms with E-state index in [1.54, 1.807) is 19.1 Å². The molecule has 1 aromatic rings. The maximum Gasteiger partial charge on any atom is 0.329 e. The van der Waals surface area contributed by atoms with Crippen molar-refractivity contribution in [2.75, 3.05) is 53.0 Å². The lowest BCUT2D eigenvalue weighted by atomic mass is 10.0. The molecule has 1 aromatic carbocycles. The molecule has 0 radical (unpaired) electrons. The molecule has 1 amide bonds. The number of morpholine rings is 1. The average molecular weight is 422 g/mol. The molecule has 0 spiro atoms. The molecule has 8 heteroatoms. The summed E-state index contributed by atoms with van der Waals surface area (Å²) >= 11 is 0. The Hall–Kier alpha value is -2.16. The average Bonchev–Trinajstić information content (AvgIpc) is 2.74. The topological polar surface area (TPSA) is 89.1 Å². The molecule has 0 aliphatic carbocycles. The molecule has 2 unspecified atom stereocenters. The van der Waals surface area contributed by atoms with Crippen LogP contribution in [-0.4, -0.2) is 81.5 Å². The quantitative estimate of drug-likeness (QED) is 0.517. The minimum absolute atomic E-state index is 0.0325. The number of methoxy groups -OCH3 is 1. The van der Waals surface area contributed by atoms with Crippen LogP contribution in [0.15, 0.2) is 30.3 Å². The van der Waals surface area contributed by atoms with E-state index in [4.69, 9.17) is 14.2 Å². The van der Waals surface area contributed by atoms with Gasteiger partial charge in [0, 0.05) is 26.2 Å². The predicted molar refractivity (Wildman–Crippen MR) is 114 cm³/mol. The van der Waals surface area contributed by atoms with Gasteiger partial charge in [-0.05, 0) is 25.0 Å². The standard InChI is InChI=1S/C22H35N3O5/c1-17(2)14-25-10-11-29-19(15-25)12-23-20(26)13-24-22(3,21(27)28-4)16-30-18-8-6-5-7-9-18/h5-9,17,19,24H,10-16H2,1-4H3,(H,23,26). The van der Waals surface area contributed by atoms with E-state index in [0.29, 0.717) is 24.8 Å². The zero-order chi connectivity index (χ0) is 22.0. The molecule has 30 heavy (non-hydrogen) atoms. The molecular formula is C22H35N3O5. The van der Waals surface area contributed by atoms with Gasteiger partial charge in [-0.2, -0.15) is 0 Å². The van der Waals surface area contributed by atoms with Crippen molar-refractivity contribution < 1.29 is 23.8 Å². The Morgan fingerprint density at radius 3 is 2.70 bits per heavy atom. The van der Waals surface area contributed by atoms with Crippen LogP contribution in [0.25, 0.3) is 0 Å². The second-order valence-corrected chi connectivity index (χ2v) is 8.23. The Kier molecular flexibility index (Phi) is 9.55. The van der Waals surface area contributed by atoms with Crippen LogP contribution >= 0.6 is 0 Å². The van der Waals surface area contributed by atoms with Crippen LogP contribution in [0.4, 0.5) is 0 Å². The van der Waals surface area contributed by atoms with Gasteiger partial charge in [0.25, 0.3) is 0 Å². The first-order chi connectivity index (χ1) is 14.3. The highest BCUT2D eigenvalue weighted by atomic mass is 16.5. The minimum atomic E-state index is -1.16. The van der Waals surface area contributed by atoms with Crippen LogP contribution in [0.5, 0.6) is 5.75 Å². The predicted octanol–water partition coefficient (Wildman–Crippen LogP) is 1.06. The van der Waals surface area contributed by atoms with Gasteiger partial charge >= 0.3 is 5.97 Å². The van der Waals surface area contributed by atoms with Gasteiger partial charge in [0.1, 0.15) is 17.9 Å². The Labute approximate surface area is 179 Å². The highest BCUT2D eigenvalue weighted by molar-refractivity contribution is 5.83. The number of carbonyl (C=O) groups excluding carboxylic acids is 2. The summed E-state index contributed by atoms with van der Waals surface area (Å²) in [6, 6.07) is 9.18. The summed E-state index contributed by atoms with van der Waals surface area (Å²) in [5.41, 5.74) is -1.16. The fraction of sp³-hybridized carbons (Fsp3) is 0.636. The van der Waals surface area contributed by atoms with Gasteiger partial charge in [-0.15, -0.1) is 0 Å². The van der Waals surface area contributed by atoms with E-state index in [2.05, 4.69) is 29.4 Å². The number of ether oxygens (including phenoxy) is 3. The zero-order valence-electron chi connectivity index (χ0n) is 18.5. The highest BCUT2D eigenvalue weighted by Gasteiger charge is 2.36. The summed E-state index contributed by atoms with van der Waals surface area (Å²) in [5.74, 6) is 0.525. The van der Waals surface area contributed by atoms with E-state index in [1.165, 1.54) is 7.11 Å². The number of hydrogen-bond donors (Lipinski definition) is 2. The van der Waals surface area contributed by atoms with E-state index >= 15 is 0 Å². The zero-order valence-corrected chi connectivity index (χ0v) is 18.5. The van der Waals surface area contributed by atoms with Gasteiger partial charge < -0.3 is 19.5 Å². The summed E-state index contributed by atoms with van der Waals surface area (Å²) in [6.45, 7) is 9.89. The van der Waals surface area contributed by atoms with Crippen molar-refractivity contribution in [2.24, 2.45) is 5.92 Å². The number of nitrogens with zero attached hydrogens (tertiary/aromatic N) is 1. The number of rotatable bonds is 11. The summed E-state index contributed by atoms with van der Waals surface area (Å²) in [5, 5.41) is 5.86. The molecule has 0 bridgehead atoms. The van der Waals surface area contributed by atoms with Crippen LogP contribution < -0.4 is 15.4 Å². The largest absolute Gasteiger partial charge is 0.491 e. The van der Waals surface area contributed by atoms with Crippen molar-refractivity contribution in [3.63, 3.8) is 0 Å². The van der Waals surface area contributed by atoms with Crippen molar-refractivity contribution in [3.8, 4) is 5.75 Å². The Bertz CT molecular complexity index is 670. The van der Waals surface area contributed by atoms with Crippen LogP contribution in [0.3, 0.4) is 0 Å². The van der Waals surface area contributed by atoms with Gasteiger partial charge in [-0.3, -0.25) is 15.0 Å². The molecule has 2 N–H and O–H groups in total. The summed E-state index contributed by atoms with van der Waals surface area (Å²) in [4.78, 5) is 27.0. The first kappa shape index (κ1) is 24.1. The SMILES string of the molecule is COC(=O)C(C)(COc1ccccc1)NCC(=O)NCC1CN(CC(C)C)CCO1. The maximum atomic E-state index is 12.3. The lowest BCUT2D eigenvalue weighted by molar-refractivity contribution is -0.149. The molecular weight excluding hydrogens is 386 g/mol. The molecule has 1 saturated heterocycles. The first-order valence-corrected chi connectivity index (χ1v) is 10.4. The van der Waals surface area contributed by atoms with E-state index < -0.39 is 11.5 Å². The van der Waals surface area contributed by atoms with E-state index in [0.717, 1.165) is 19.6 Å². The number of esters is 1. The first-order valence-electron chi connectivity index (χ1n) is 10.4. The number of carbonyl (C=O) groups is 2. The maximum absolute atomic E-state index is 12.3. The van der Waals surface area contributed by atoms with Crippen molar-refractivity contribution >= 4 is 11.9 Å². The van der Waals surface area contributed by atoms with Gasteiger partial charge in [0.2, 0.25) is 5.91 Å². The summed E-state index contributed by atoms with van der Waals surface area (Å²) in [6.07, 6.45) is -0.0325. The molecule has 8 nitrogen and oxygen atoms in total. The minimum Gasteiger partial charge on any atom is -0.491 e. The fourth-order valence-corrected chi connectivity index (χ4v) is 3.30. The molecule has 2 atom stereocenters. The van der Waals surface area contributed by atoms with Crippen molar-refractivity contribution in [2.45, 2.75) is 32.4 Å². The van der Waals surface area contributed by atoms with Gasteiger partial charge in [-0.1, -0.05) is 32.0 Å². The molecule has 1 heterocycles. The van der Waals surface area contributed by atoms with E-state index in [9.17, 15) is 9.59 Å². The number of amides is 1. The second kappa shape index (κ2) is 11.9. The third kappa shape index (κ3) is 7.93. The van der Waals surface area contributed by atoms with Gasteiger partial charge in [-0.25, -0.2) is 4.79 Å². The lowest BCUT2D eigenvalue weighted by Gasteiger charge is -2.34.